The van der Waals surface area contributed by atoms with E-state index >= 15 is 0 Å². The number of hydrogen-bond acceptors (Lipinski definition) is 4. The van der Waals surface area contributed by atoms with Crippen molar-refractivity contribution in [3.8, 4) is 11.3 Å². The number of anilines is 1. The van der Waals surface area contributed by atoms with Crippen LogP contribution in [0.2, 0.25) is 0 Å². The second-order valence-electron chi connectivity index (χ2n) is 8.13. The third kappa shape index (κ3) is 4.41. The van der Waals surface area contributed by atoms with Crippen molar-refractivity contribution in [2.45, 2.75) is 13.0 Å². The molecule has 1 aliphatic heterocycles. The van der Waals surface area contributed by atoms with E-state index in [1.807, 2.05) is 0 Å². The molecule has 0 atom stereocenters. The van der Waals surface area contributed by atoms with Crippen molar-refractivity contribution >= 4 is 16.5 Å². The van der Waals surface area contributed by atoms with E-state index in [9.17, 15) is 0 Å². The van der Waals surface area contributed by atoms with Crippen LogP contribution in [0.4, 0.5) is 5.13 Å². The zero-order valence-electron chi connectivity index (χ0n) is 17.8. The van der Waals surface area contributed by atoms with Gasteiger partial charge in [0, 0.05) is 37.1 Å². The predicted octanol–water partition coefficient (Wildman–Crippen LogP) is 6.03. The van der Waals surface area contributed by atoms with Gasteiger partial charge in [0.2, 0.25) is 0 Å². The number of rotatable bonds is 5. The third-order valence-electron chi connectivity index (χ3n) is 5.99. The Morgan fingerprint density at radius 3 is 2.03 bits per heavy atom. The van der Waals surface area contributed by atoms with Gasteiger partial charge in [-0.1, -0.05) is 84.4 Å². The molecule has 1 saturated heterocycles. The molecule has 0 radical (unpaired) electrons. The highest BCUT2D eigenvalue weighted by Crippen LogP contribution is 2.32. The van der Waals surface area contributed by atoms with Crippen LogP contribution in [0.1, 0.15) is 22.7 Å². The van der Waals surface area contributed by atoms with Gasteiger partial charge in [0.15, 0.2) is 5.13 Å². The molecule has 2 heterocycles. The fourth-order valence-corrected chi connectivity index (χ4v) is 5.29. The Hall–Kier alpha value is -2.95. The Kier molecular flexibility index (Phi) is 5.83. The van der Waals surface area contributed by atoms with Crippen molar-refractivity contribution < 1.29 is 0 Å². The summed E-state index contributed by atoms with van der Waals surface area (Å²) in [7, 11) is 0. The van der Waals surface area contributed by atoms with E-state index in [1.165, 1.54) is 22.3 Å². The normalized spacial score (nSPS) is 14.8. The molecule has 0 bridgehead atoms. The summed E-state index contributed by atoms with van der Waals surface area (Å²) in [4.78, 5) is 10.0. The number of benzene rings is 3. The quantitative estimate of drug-likeness (QED) is 0.389. The molecule has 31 heavy (non-hydrogen) atoms. The molecule has 0 aliphatic carbocycles. The van der Waals surface area contributed by atoms with E-state index in [0.717, 1.165) is 37.0 Å². The number of nitrogens with zero attached hydrogens (tertiary/aromatic N) is 3. The molecule has 1 aromatic heterocycles. The van der Waals surface area contributed by atoms with Crippen molar-refractivity contribution in [3.63, 3.8) is 0 Å². The molecule has 1 aliphatic rings. The van der Waals surface area contributed by atoms with Gasteiger partial charge >= 0.3 is 0 Å². The summed E-state index contributed by atoms with van der Waals surface area (Å²) in [5, 5.41) is 3.32. The summed E-state index contributed by atoms with van der Waals surface area (Å²) < 4.78 is 0. The van der Waals surface area contributed by atoms with Crippen molar-refractivity contribution in [2.75, 3.05) is 31.1 Å². The first-order valence-electron chi connectivity index (χ1n) is 10.9. The standard InChI is InChI=1S/C27H27N3S/c1-21-9-8-14-24(19-21)25-20-31-27(28-25)30-17-15-29(16-18-30)26(22-10-4-2-5-11-22)23-12-6-3-7-13-23/h2-14,19-20,26H,15-18H2,1H3. The van der Waals surface area contributed by atoms with Gasteiger partial charge in [-0.25, -0.2) is 4.98 Å². The van der Waals surface area contributed by atoms with E-state index in [4.69, 9.17) is 4.98 Å². The zero-order chi connectivity index (χ0) is 21.0. The Labute approximate surface area is 188 Å². The zero-order valence-corrected chi connectivity index (χ0v) is 18.6. The van der Waals surface area contributed by atoms with Gasteiger partial charge in [-0.15, -0.1) is 11.3 Å². The smallest absolute Gasteiger partial charge is 0.185 e. The molecule has 156 valence electrons. The van der Waals surface area contributed by atoms with Crippen LogP contribution in [0, 0.1) is 6.92 Å². The first kappa shape index (κ1) is 20.0. The summed E-state index contributed by atoms with van der Waals surface area (Å²) in [5.74, 6) is 0. The molecule has 0 spiro atoms. The molecule has 3 aromatic carbocycles. The van der Waals surface area contributed by atoms with Crippen LogP contribution in [0.5, 0.6) is 0 Å². The fourth-order valence-electron chi connectivity index (χ4n) is 4.40. The van der Waals surface area contributed by atoms with Crippen LogP contribution in [0.3, 0.4) is 0 Å². The molecule has 4 aromatic rings. The highest BCUT2D eigenvalue weighted by atomic mass is 32.1. The van der Waals surface area contributed by atoms with E-state index in [-0.39, 0.29) is 0 Å². The molecule has 1 fully saturated rings. The lowest BCUT2D eigenvalue weighted by Gasteiger charge is -2.39. The van der Waals surface area contributed by atoms with E-state index in [0.29, 0.717) is 6.04 Å². The van der Waals surface area contributed by atoms with Gasteiger partial charge in [0.05, 0.1) is 11.7 Å². The summed E-state index contributed by atoms with van der Waals surface area (Å²) >= 11 is 1.76. The van der Waals surface area contributed by atoms with Gasteiger partial charge in [-0.2, -0.15) is 0 Å². The summed E-state index contributed by atoms with van der Waals surface area (Å²) in [6.07, 6.45) is 0. The number of aromatic nitrogens is 1. The van der Waals surface area contributed by atoms with E-state index in [2.05, 4.69) is 107 Å². The summed E-state index contributed by atoms with van der Waals surface area (Å²) in [6.45, 7) is 6.17. The Balaban J connectivity index is 1.32. The van der Waals surface area contributed by atoms with Crippen LogP contribution >= 0.6 is 11.3 Å². The topological polar surface area (TPSA) is 19.4 Å². The monoisotopic (exact) mass is 425 g/mol. The van der Waals surface area contributed by atoms with Crippen LogP contribution < -0.4 is 4.90 Å². The first-order valence-corrected chi connectivity index (χ1v) is 11.8. The van der Waals surface area contributed by atoms with Crippen LogP contribution in [0.25, 0.3) is 11.3 Å². The molecule has 0 amide bonds. The first-order chi connectivity index (χ1) is 15.3. The molecule has 5 rings (SSSR count). The van der Waals surface area contributed by atoms with Gasteiger partial charge in [0.1, 0.15) is 0 Å². The Bertz CT molecular complexity index is 1080. The van der Waals surface area contributed by atoms with E-state index in [1.54, 1.807) is 11.3 Å². The largest absolute Gasteiger partial charge is 0.346 e. The van der Waals surface area contributed by atoms with Crippen LogP contribution in [-0.4, -0.2) is 36.1 Å². The maximum atomic E-state index is 4.96. The number of piperazine rings is 1. The van der Waals surface area contributed by atoms with Gasteiger partial charge in [-0.3, -0.25) is 4.90 Å². The van der Waals surface area contributed by atoms with Gasteiger partial charge in [-0.05, 0) is 24.1 Å². The molecule has 3 nitrogen and oxygen atoms in total. The molecule has 0 saturated carbocycles. The number of aryl methyl sites for hydroxylation is 1. The fraction of sp³-hybridized carbons (Fsp3) is 0.222. The molecular formula is C27H27N3S. The van der Waals surface area contributed by atoms with Crippen molar-refractivity contribution in [1.82, 2.24) is 9.88 Å². The minimum Gasteiger partial charge on any atom is -0.346 e. The molecule has 0 N–H and O–H groups in total. The third-order valence-corrected chi connectivity index (χ3v) is 6.89. The van der Waals surface area contributed by atoms with E-state index < -0.39 is 0 Å². The van der Waals surface area contributed by atoms with Crippen molar-refractivity contribution in [3.05, 3.63) is 107 Å². The SMILES string of the molecule is Cc1cccc(-c2csc(N3CCN(C(c4ccccc4)c4ccccc4)CC3)n2)c1. The van der Waals surface area contributed by atoms with Crippen LogP contribution in [0.15, 0.2) is 90.3 Å². The summed E-state index contributed by atoms with van der Waals surface area (Å²) in [5.41, 5.74) is 6.27. The second-order valence-corrected chi connectivity index (χ2v) is 8.97. The lowest BCUT2D eigenvalue weighted by molar-refractivity contribution is 0.212. The predicted molar refractivity (Wildman–Crippen MR) is 131 cm³/mol. The molecule has 0 unspecified atom stereocenters. The Morgan fingerprint density at radius 1 is 0.774 bits per heavy atom. The highest BCUT2D eigenvalue weighted by molar-refractivity contribution is 7.14. The molecule has 4 heteroatoms. The molecular weight excluding hydrogens is 398 g/mol. The maximum absolute atomic E-state index is 4.96. The highest BCUT2D eigenvalue weighted by Gasteiger charge is 2.27. The minimum absolute atomic E-state index is 0.295. The van der Waals surface area contributed by atoms with Gasteiger partial charge < -0.3 is 4.90 Å². The average molecular weight is 426 g/mol. The summed E-state index contributed by atoms with van der Waals surface area (Å²) in [6, 6.07) is 30.6. The number of hydrogen-bond donors (Lipinski definition) is 0. The van der Waals surface area contributed by atoms with Gasteiger partial charge in [0.25, 0.3) is 0 Å². The Morgan fingerprint density at radius 2 is 1.42 bits per heavy atom. The number of thiazole rings is 1. The van der Waals surface area contributed by atoms with Crippen LogP contribution in [-0.2, 0) is 0 Å². The maximum Gasteiger partial charge on any atom is 0.185 e. The van der Waals surface area contributed by atoms with Crippen molar-refractivity contribution in [1.29, 1.82) is 0 Å². The lowest BCUT2D eigenvalue weighted by atomic mass is 9.96. The minimum atomic E-state index is 0.295. The average Bonchev–Trinajstić information content (AvgIpc) is 3.32. The van der Waals surface area contributed by atoms with Crippen molar-refractivity contribution in [2.24, 2.45) is 0 Å². The lowest BCUT2D eigenvalue weighted by Crippen LogP contribution is -2.48. The second kappa shape index (κ2) is 9.04.